The van der Waals surface area contributed by atoms with E-state index in [0.29, 0.717) is 10.4 Å². The van der Waals surface area contributed by atoms with Gasteiger partial charge in [-0.3, -0.25) is 9.59 Å². The Hall–Kier alpha value is -4.18. The molecular weight excluding hydrogens is 612 g/mol. The predicted molar refractivity (Wildman–Crippen MR) is 138 cm³/mol. The van der Waals surface area contributed by atoms with E-state index in [2.05, 4.69) is 36.1 Å². The maximum Gasteiger partial charge on any atom is 0.461 e. The number of amides is 2. The number of halogens is 7. The number of nitrogens with zero attached hydrogens (tertiary/aromatic N) is 7. The molecule has 0 atom stereocenters. The number of aryl methyl sites for hydroxylation is 1. The van der Waals surface area contributed by atoms with E-state index in [0.717, 1.165) is 17.5 Å². The van der Waals surface area contributed by atoms with Gasteiger partial charge in [-0.1, -0.05) is 23.2 Å². The first kappa shape index (κ1) is 29.3. The lowest BCUT2D eigenvalue weighted by Gasteiger charge is -2.15. The number of nitrogens with one attached hydrogen (secondary N) is 2. The van der Waals surface area contributed by atoms with Crippen LogP contribution in [0.5, 0.6) is 0 Å². The third kappa shape index (κ3) is 5.90. The summed E-state index contributed by atoms with van der Waals surface area (Å²) in [5, 5.41) is 19.3. The number of carbonyl (C=O) groups is 2. The molecule has 2 N–H and O–H groups in total. The standard InChI is InChI=1S/C24H18Cl2F5N9O2/c1-11-7-12(25)8-15(20(41)33-13-4-5-13)18(11)34-21(42)17-9-14(36-40(17)19-16(26)3-2-6-32-19)10-39-37-22(35-38-39)23(27,28)24(29,30)31/h2-3,6-9,13H,4-5,10H2,1H3,(H,33,41)(H,34,42). The fourth-order valence-corrected chi connectivity index (χ4v) is 4.30. The number of tetrazole rings is 1. The maximum atomic E-state index is 13.6. The molecule has 0 bridgehead atoms. The van der Waals surface area contributed by atoms with Gasteiger partial charge in [0.15, 0.2) is 5.82 Å². The van der Waals surface area contributed by atoms with Gasteiger partial charge in [-0.25, -0.2) is 9.67 Å². The van der Waals surface area contributed by atoms with Crippen molar-refractivity contribution >= 4 is 40.7 Å². The van der Waals surface area contributed by atoms with Crippen LogP contribution < -0.4 is 10.6 Å². The van der Waals surface area contributed by atoms with Gasteiger partial charge in [0.2, 0.25) is 0 Å². The quantitative estimate of drug-likeness (QED) is 0.270. The second-order valence-corrected chi connectivity index (χ2v) is 10.1. The number of alkyl halides is 5. The number of hydrogen-bond acceptors (Lipinski definition) is 7. The maximum absolute atomic E-state index is 13.6. The van der Waals surface area contributed by atoms with Crippen LogP contribution in [0.2, 0.25) is 10.0 Å². The molecule has 2 amide bonds. The summed E-state index contributed by atoms with van der Waals surface area (Å²) in [5.74, 6) is -8.40. The van der Waals surface area contributed by atoms with Crippen molar-refractivity contribution in [2.24, 2.45) is 0 Å². The SMILES string of the molecule is Cc1cc(Cl)cc(C(=O)NC2CC2)c1NC(=O)c1cc(Cn2nnc(C(F)(F)C(F)(F)F)n2)nn1-c1ncccc1Cl. The topological polar surface area (TPSA) is 133 Å². The first-order chi connectivity index (χ1) is 19.7. The minimum Gasteiger partial charge on any atom is -0.349 e. The van der Waals surface area contributed by atoms with Gasteiger partial charge >= 0.3 is 12.1 Å². The normalized spacial score (nSPS) is 13.7. The Kier molecular flexibility index (Phi) is 7.61. The fraction of sp³-hybridized carbons (Fsp3) is 0.292. The van der Waals surface area contributed by atoms with Gasteiger partial charge in [-0.15, -0.1) is 10.2 Å². The third-order valence-electron chi connectivity index (χ3n) is 6.02. The van der Waals surface area contributed by atoms with Gasteiger partial charge in [0.1, 0.15) is 12.2 Å². The summed E-state index contributed by atoms with van der Waals surface area (Å²) in [4.78, 5) is 31.1. The van der Waals surface area contributed by atoms with Crippen LogP contribution in [0.1, 0.15) is 50.8 Å². The van der Waals surface area contributed by atoms with Crippen LogP contribution in [0.25, 0.3) is 5.82 Å². The van der Waals surface area contributed by atoms with Gasteiger partial charge in [-0.05, 0) is 60.9 Å². The second kappa shape index (κ2) is 10.9. The van der Waals surface area contributed by atoms with E-state index >= 15 is 0 Å². The van der Waals surface area contributed by atoms with Crippen molar-refractivity contribution in [2.75, 3.05) is 5.32 Å². The van der Waals surface area contributed by atoms with Crippen molar-refractivity contribution in [3.05, 3.63) is 74.9 Å². The Morgan fingerprint density at radius 1 is 1.07 bits per heavy atom. The zero-order valence-electron chi connectivity index (χ0n) is 21.3. The van der Waals surface area contributed by atoms with Crippen molar-refractivity contribution in [3.63, 3.8) is 0 Å². The van der Waals surface area contributed by atoms with Gasteiger partial charge in [0.05, 0.1) is 22.0 Å². The second-order valence-electron chi connectivity index (χ2n) is 9.30. The molecular formula is C24H18Cl2F5N9O2. The van der Waals surface area contributed by atoms with Crippen molar-refractivity contribution in [1.82, 2.24) is 40.3 Å². The minimum atomic E-state index is -5.93. The molecule has 0 spiro atoms. The molecule has 0 saturated heterocycles. The lowest BCUT2D eigenvalue weighted by molar-refractivity contribution is -0.292. The average molecular weight is 630 g/mol. The van der Waals surface area contributed by atoms with E-state index in [4.69, 9.17) is 23.2 Å². The smallest absolute Gasteiger partial charge is 0.349 e. The molecule has 3 heterocycles. The number of hydrogen-bond donors (Lipinski definition) is 2. The molecule has 1 fully saturated rings. The number of benzene rings is 1. The Balaban J connectivity index is 1.50. The fourth-order valence-electron chi connectivity index (χ4n) is 3.83. The molecule has 1 aliphatic carbocycles. The monoisotopic (exact) mass is 629 g/mol. The number of anilines is 1. The molecule has 0 radical (unpaired) electrons. The Bertz CT molecular complexity index is 1680. The van der Waals surface area contributed by atoms with E-state index in [1.54, 1.807) is 13.0 Å². The lowest BCUT2D eigenvalue weighted by Crippen LogP contribution is -2.35. The highest BCUT2D eigenvalue weighted by molar-refractivity contribution is 6.32. The largest absolute Gasteiger partial charge is 0.461 e. The molecule has 1 aromatic carbocycles. The number of pyridine rings is 1. The number of aromatic nitrogens is 7. The average Bonchev–Trinajstić information content (AvgIpc) is 3.42. The van der Waals surface area contributed by atoms with Crippen molar-refractivity contribution in [1.29, 1.82) is 0 Å². The number of carbonyl (C=O) groups excluding carboxylic acids is 2. The van der Waals surface area contributed by atoms with Crippen molar-refractivity contribution in [3.8, 4) is 5.82 Å². The molecule has 1 aliphatic rings. The van der Waals surface area contributed by atoms with Gasteiger partial charge < -0.3 is 10.6 Å². The van der Waals surface area contributed by atoms with Crippen LogP contribution in [0.4, 0.5) is 27.6 Å². The molecule has 5 rings (SSSR count). The number of rotatable bonds is 8. The summed E-state index contributed by atoms with van der Waals surface area (Å²) in [7, 11) is 0. The van der Waals surface area contributed by atoms with E-state index in [9.17, 15) is 31.5 Å². The molecule has 220 valence electrons. The summed E-state index contributed by atoms with van der Waals surface area (Å²) >= 11 is 12.4. The lowest BCUT2D eigenvalue weighted by atomic mass is 10.1. The van der Waals surface area contributed by atoms with E-state index in [1.807, 2.05) is 0 Å². The van der Waals surface area contributed by atoms with E-state index < -0.39 is 36.3 Å². The van der Waals surface area contributed by atoms with Crippen molar-refractivity contribution < 1.29 is 31.5 Å². The van der Waals surface area contributed by atoms with Gasteiger partial charge in [0, 0.05) is 17.3 Å². The van der Waals surface area contributed by atoms with Crippen LogP contribution in [-0.2, 0) is 12.5 Å². The Morgan fingerprint density at radius 3 is 2.48 bits per heavy atom. The summed E-state index contributed by atoms with van der Waals surface area (Å²) in [6, 6.07) is 7.19. The van der Waals surface area contributed by atoms with Crippen LogP contribution in [0, 0.1) is 6.92 Å². The van der Waals surface area contributed by atoms with Crippen LogP contribution in [0.15, 0.2) is 36.5 Å². The van der Waals surface area contributed by atoms with Gasteiger partial charge in [-0.2, -0.15) is 31.8 Å². The molecule has 18 heteroatoms. The highest BCUT2D eigenvalue weighted by Crippen LogP contribution is 2.42. The van der Waals surface area contributed by atoms with Gasteiger partial charge in [0.25, 0.3) is 17.6 Å². The van der Waals surface area contributed by atoms with Crippen LogP contribution >= 0.6 is 23.2 Å². The summed E-state index contributed by atoms with van der Waals surface area (Å²) in [5.41, 5.74) is 0.548. The molecule has 11 nitrogen and oxygen atoms in total. The van der Waals surface area contributed by atoms with Crippen LogP contribution in [0.3, 0.4) is 0 Å². The zero-order valence-corrected chi connectivity index (χ0v) is 22.8. The molecule has 42 heavy (non-hydrogen) atoms. The highest BCUT2D eigenvalue weighted by Gasteiger charge is 2.62. The molecule has 3 aromatic heterocycles. The highest BCUT2D eigenvalue weighted by atomic mass is 35.5. The van der Waals surface area contributed by atoms with Crippen molar-refractivity contribution in [2.45, 2.75) is 44.5 Å². The summed E-state index contributed by atoms with van der Waals surface area (Å²) in [6.45, 7) is 1.09. The predicted octanol–water partition coefficient (Wildman–Crippen LogP) is 4.72. The summed E-state index contributed by atoms with van der Waals surface area (Å²) < 4.78 is 66.5. The zero-order chi connectivity index (χ0) is 30.4. The third-order valence-corrected chi connectivity index (χ3v) is 6.53. The van der Waals surface area contributed by atoms with E-state index in [1.165, 1.54) is 30.5 Å². The van der Waals surface area contributed by atoms with Crippen LogP contribution in [-0.4, -0.2) is 59.0 Å². The Labute approximate surface area is 243 Å². The molecule has 0 unspecified atom stereocenters. The Morgan fingerprint density at radius 2 is 1.81 bits per heavy atom. The minimum absolute atomic E-state index is 0.00550. The first-order valence-electron chi connectivity index (χ1n) is 12.1. The van der Waals surface area contributed by atoms with E-state index in [-0.39, 0.29) is 44.5 Å². The first-order valence-corrected chi connectivity index (χ1v) is 12.8. The molecule has 4 aromatic rings. The molecule has 1 saturated carbocycles. The molecule has 0 aliphatic heterocycles. The summed E-state index contributed by atoms with van der Waals surface area (Å²) in [6.07, 6.45) is -2.90.